The number of hydrogen-bond donors (Lipinski definition) is 0. The van der Waals surface area contributed by atoms with Gasteiger partial charge in [0.15, 0.2) is 0 Å². The smallest absolute Gasteiger partial charge is 0.309 e. The molecule has 0 aliphatic carbocycles. The van der Waals surface area contributed by atoms with Gasteiger partial charge in [-0.15, -0.1) is 0 Å². The molecular formula is C8H12BrO3P. The quantitative estimate of drug-likeness (QED) is 0.719. The summed E-state index contributed by atoms with van der Waals surface area (Å²) in [4.78, 5) is 0. The highest BCUT2D eigenvalue weighted by atomic mass is 79.9. The molecule has 1 heterocycles. The fourth-order valence-electron chi connectivity index (χ4n) is 1.16. The second-order valence-corrected chi connectivity index (χ2v) is 6.00. The number of hydrogen-bond acceptors (Lipinski definition) is 3. The summed E-state index contributed by atoms with van der Waals surface area (Å²) in [5, 5.41) is 0.514. The summed E-state index contributed by atoms with van der Waals surface area (Å²) in [7, 11) is -1.76. The van der Waals surface area contributed by atoms with Crippen molar-refractivity contribution in [1.29, 1.82) is 0 Å². The predicted octanol–water partition coefficient (Wildman–Crippen LogP) is 3.43. The van der Waals surface area contributed by atoms with Crippen LogP contribution in [0.3, 0.4) is 0 Å². The Morgan fingerprint density at radius 1 is 1.69 bits per heavy atom. The van der Waals surface area contributed by atoms with Crippen LogP contribution in [0.2, 0.25) is 0 Å². The van der Waals surface area contributed by atoms with E-state index in [1.807, 2.05) is 13.8 Å². The van der Waals surface area contributed by atoms with Gasteiger partial charge in [0.25, 0.3) is 0 Å². The van der Waals surface area contributed by atoms with Gasteiger partial charge in [0.2, 0.25) is 0 Å². The average molecular weight is 267 g/mol. The molecule has 1 unspecified atom stereocenters. The van der Waals surface area contributed by atoms with E-state index in [4.69, 9.17) is 9.05 Å². The lowest BCUT2D eigenvalue weighted by Crippen LogP contribution is -2.18. The molecule has 0 N–H and O–H groups in total. The molecule has 0 saturated heterocycles. The molecule has 0 radical (unpaired) electrons. The highest BCUT2D eigenvalue weighted by Gasteiger charge is 2.46. The first-order valence-corrected chi connectivity index (χ1v) is 6.11. The molecular weight excluding hydrogens is 255 g/mol. The lowest BCUT2D eigenvalue weighted by Gasteiger charge is -2.19. The first-order chi connectivity index (χ1) is 5.87. The minimum absolute atomic E-state index is 0.514. The van der Waals surface area contributed by atoms with Gasteiger partial charge in [-0.3, -0.25) is 9.09 Å². The molecule has 1 rings (SSSR count). The van der Waals surface area contributed by atoms with Gasteiger partial charge >= 0.3 is 7.60 Å². The summed E-state index contributed by atoms with van der Waals surface area (Å²) < 4.78 is 22.9. The van der Waals surface area contributed by atoms with E-state index in [2.05, 4.69) is 22.5 Å². The van der Waals surface area contributed by atoms with Crippen LogP contribution in [0.5, 0.6) is 0 Å². The van der Waals surface area contributed by atoms with Gasteiger partial charge in [-0.1, -0.05) is 28.6 Å². The van der Waals surface area contributed by atoms with Crippen LogP contribution in [0.4, 0.5) is 0 Å². The van der Waals surface area contributed by atoms with Gasteiger partial charge in [0.1, 0.15) is 5.60 Å². The van der Waals surface area contributed by atoms with Crippen molar-refractivity contribution >= 4 is 23.5 Å². The minimum Gasteiger partial charge on any atom is -0.309 e. The molecule has 1 atom stereocenters. The molecule has 1 aliphatic rings. The molecule has 74 valence electrons. The van der Waals surface area contributed by atoms with Crippen LogP contribution >= 0.6 is 23.5 Å². The summed E-state index contributed by atoms with van der Waals surface area (Å²) in [6.07, 6.45) is 1.50. The molecule has 0 fully saturated rings. The molecule has 13 heavy (non-hydrogen) atoms. The van der Waals surface area contributed by atoms with E-state index in [9.17, 15) is 4.57 Å². The van der Waals surface area contributed by atoms with Crippen LogP contribution in [0.15, 0.2) is 22.5 Å². The molecule has 1 aliphatic heterocycles. The van der Waals surface area contributed by atoms with Gasteiger partial charge in [0.05, 0.1) is 5.31 Å². The van der Waals surface area contributed by atoms with Crippen LogP contribution in [0, 0.1) is 0 Å². The van der Waals surface area contributed by atoms with Crippen LogP contribution in [-0.2, 0) is 13.6 Å². The minimum atomic E-state index is -3.12. The van der Waals surface area contributed by atoms with E-state index < -0.39 is 13.2 Å². The van der Waals surface area contributed by atoms with Crippen LogP contribution in [-0.4, -0.2) is 12.7 Å². The highest BCUT2D eigenvalue weighted by Crippen LogP contribution is 2.67. The topological polar surface area (TPSA) is 35.5 Å². The SMILES string of the molecule is C=CC1=C(Br)C(C)(C)OP1(=O)OC. The summed E-state index contributed by atoms with van der Waals surface area (Å²) >= 11 is 3.33. The standard InChI is InChI=1S/C8H12BrO3P/c1-5-6-7(9)8(2,3)12-13(6,10)11-4/h5H,1H2,2-4H3. The van der Waals surface area contributed by atoms with Gasteiger partial charge in [-0.05, 0) is 13.8 Å². The zero-order chi connectivity index (χ0) is 10.3. The van der Waals surface area contributed by atoms with E-state index >= 15 is 0 Å². The van der Waals surface area contributed by atoms with E-state index in [-0.39, 0.29) is 0 Å². The molecule has 0 aromatic heterocycles. The van der Waals surface area contributed by atoms with Gasteiger partial charge in [0, 0.05) is 11.6 Å². The molecule has 0 spiro atoms. The second-order valence-electron chi connectivity index (χ2n) is 3.18. The first kappa shape index (κ1) is 11.2. The first-order valence-electron chi connectivity index (χ1n) is 3.77. The Kier molecular flexibility index (Phi) is 2.89. The van der Waals surface area contributed by atoms with E-state index in [1.165, 1.54) is 13.2 Å². The van der Waals surface area contributed by atoms with Crippen molar-refractivity contribution in [3.8, 4) is 0 Å². The predicted molar refractivity (Wildman–Crippen MR) is 55.9 cm³/mol. The lowest BCUT2D eigenvalue weighted by molar-refractivity contribution is 0.142. The van der Waals surface area contributed by atoms with Crippen molar-refractivity contribution < 1.29 is 13.6 Å². The number of rotatable bonds is 2. The summed E-state index contributed by atoms with van der Waals surface area (Å²) in [6.45, 7) is 7.22. The van der Waals surface area contributed by atoms with Crippen LogP contribution < -0.4 is 0 Å². The molecule has 3 nitrogen and oxygen atoms in total. The Morgan fingerprint density at radius 3 is 2.54 bits per heavy atom. The van der Waals surface area contributed by atoms with Crippen molar-refractivity contribution in [2.24, 2.45) is 0 Å². The molecule has 0 aromatic carbocycles. The van der Waals surface area contributed by atoms with Gasteiger partial charge in [-0.25, -0.2) is 0 Å². The highest BCUT2D eigenvalue weighted by molar-refractivity contribution is 9.11. The summed E-state index contributed by atoms with van der Waals surface area (Å²) in [5.74, 6) is 0. The maximum atomic E-state index is 12.0. The third-order valence-electron chi connectivity index (χ3n) is 1.83. The monoisotopic (exact) mass is 266 g/mol. The maximum absolute atomic E-state index is 12.0. The lowest BCUT2D eigenvalue weighted by atomic mass is 10.1. The molecule has 0 saturated carbocycles. The van der Waals surface area contributed by atoms with E-state index in [0.717, 1.165) is 4.48 Å². The molecule has 0 amide bonds. The number of halogens is 1. The van der Waals surface area contributed by atoms with Crippen LogP contribution in [0.1, 0.15) is 13.8 Å². The largest absolute Gasteiger partial charge is 0.362 e. The summed E-state index contributed by atoms with van der Waals surface area (Å²) in [5.41, 5.74) is -0.602. The third kappa shape index (κ3) is 1.68. The molecule has 5 heteroatoms. The maximum Gasteiger partial charge on any atom is 0.362 e. The Balaban J connectivity index is 3.27. The zero-order valence-corrected chi connectivity index (χ0v) is 10.3. The summed E-state index contributed by atoms with van der Waals surface area (Å²) in [6, 6.07) is 0. The number of allylic oxidation sites excluding steroid dienone is 2. The van der Waals surface area contributed by atoms with Crippen molar-refractivity contribution in [3.63, 3.8) is 0 Å². The fraction of sp³-hybridized carbons (Fsp3) is 0.500. The van der Waals surface area contributed by atoms with Crippen molar-refractivity contribution in [2.75, 3.05) is 7.11 Å². The van der Waals surface area contributed by atoms with Crippen molar-refractivity contribution in [1.82, 2.24) is 0 Å². The molecule has 0 aromatic rings. The Morgan fingerprint density at radius 2 is 2.23 bits per heavy atom. The van der Waals surface area contributed by atoms with Crippen molar-refractivity contribution in [2.45, 2.75) is 19.4 Å². The van der Waals surface area contributed by atoms with Crippen molar-refractivity contribution in [3.05, 3.63) is 22.5 Å². The molecule has 0 bridgehead atoms. The zero-order valence-electron chi connectivity index (χ0n) is 7.83. The Labute approximate surface area is 86.5 Å². The Hall–Kier alpha value is 0.110. The van der Waals surface area contributed by atoms with E-state index in [0.29, 0.717) is 5.31 Å². The third-order valence-corrected chi connectivity index (χ3v) is 5.69. The second kappa shape index (κ2) is 3.35. The normalized spacial score (nSPS) is 32.3. The van der Waals surface area contributed by atoms with Gasteiger partial charge in [-0.2, -0.15) is 0 Å². The fourth-order valence-corrected chi connectivity index (χ4v) is 3.97. The van der Waals surface area contributed by atoms with Crippen LogP contribution in [0.25, 0.3) is 0 Å². The Bertz CT molecular complexity index is 319. The van der Waals surface area contributed by atoms with Gasteiger partial charge < -0.3 is 4.52 Å². The van der Waals surface area contributed by atoms with E-state index in [1.54, 1.807) is 0 Å². The average Bonchev–Trinajstić information content (AvgIpc) is 2.20.